The molecule has 0 N–H and O–H groups in total. The lowest BCUT2D eigenvalue weighted by Gasteiger charge is -2.50. The van der Waals surface area contributed by atoms with Crippen molar-refractivity contribution < 1.29 is 8.42 Å². The Kier molecular flexibility index (Phi) is 3.11. The third kappa shape index (κ3) is 1.88. The van der Waals surface area contributed by atoms with Crippen LogP contribution in [0, 0.1) is 16.7 Å². The first-order valence-corrected chi connectivity index (χ1v) is 8.71. The van der Waals surface area contributed by atoms with E-state index in [1.807, 2.05) is 0 Å². The van der Waals surface area contributed by atoms with E-state index in [0.29, 0.717) is 17.9 Å². The minimum atomic E-state index is -3.61. The van der Waals surface area contributed by atoms with Gasteiger partial charge in [-0.3, -0.25) is 0 Å². The number of rotatable bonds is 2. The minimum absolute atomic E-state index is 0.106. The highest BCUT2D eigenvalue weighted by molar-refractivity contribution is 7.93. The molecule has 3 nitrogen and oxygen atoms in total. The first-order valence-electron chi connectivity index (χ1n) is 6.85. The fourth-order valence-electron chi connectivity index (χ4n) is 3.81. The van der Waals surface area contributed by atoms with Crippen LogP contribution in [0.25, 0.3) is 0 Å². The van der Waals surface area contributed by atoms with Gasteiger partial charge in [0.25, 0.3) is 0 Å². The number of halogens is 1. The number of nitrogens with zero attached hydrogens (tertiary/aromatic N) is 1. The molecule has 0 atom stereocenters. The molecule has 0 radical (unpaired) electrons. The van der Waals surface area contributed by atoms with E-state index >= 15 is 0 Å². The summed E-state index contributed by atoms with van der Waals surface area (Å²) in [6.45, 7) is 0. The number of benzene rings is 1. The maximum absolute atomic E-state index is 12.8. The molecule has 0 aliphatic heterocycles. The summed E-state index contributed by atoms with van der Waals surface area (Å²) in [5, 5.41) is 9.97. The number of nitriles is 1. The summed E-state index contributed by atoms with van der Waals surface area (Å²) < 4.78 is 24.3. The van der Waals surface area contributed by atoms with Crippen LogP contribution in [0.3, 0.4) is 0 Å². The van der Waals surface area contributed by atoms with Crippen molar-refractivity contribution >= 4 is 21.4 Å². The van der Waals surface area contributed by atoms with Gasteiger partial charge in [0.2, 0.25) is 0 Å². The zero-order chi connectivity index (χ0) is 14.4. The van der Waals surface area contributed by atoms with Gasteiger partial charge in [-0.1, -0.05) is 24.4 Å². The molecule has 0 heterocycles. The monoisotopic (exact) mass is 309 g/mol. The molecule has 0 unspecified atom stereocenters. The van der Waals surface area contributed by atoms with Crippen molar-refractivity contribution in [1.82, 2.24) is 0 Å². The average molecular weight is 310 g/mol. The van der Waals surface area contributed by atoms with Crippen molar-refractivity contribution in [3.8, 4) is 6.07 Å². The Morgan fingerprint density at radius 1 is 1.10 bits per heavy atom. The van der Waals surface area contributed by atoms with Crippen LogP contribution in [-0.4, -0.2) is 13.2 Å². The van der Waals surface area contributed by atoms with Crippen molar-refractivity contribution in [1.29, 1.82) is 5.26 Å². The van der Waals surface area contributed by atoms with Crippen molar-refractivity contribution in [3.05, 3.63) is 29.3 Å². The predicted octanol–water partition coefficient (Wildman–Crippen LogP) is 3.73. The van der Waals surface area contributed by atoms with Gasteiger partial charge in [-0.2, -0.15) is 5.26 Å². The van der Waals surface area contributed by atoms with Crippen molar-refractivity contribution in [2.24, 2.45) is 5.41 Å². The molecule has 2 aliphatic rings. The lowest BCUT2D eigenvalue weighted by molar-refractivity contribution is 0.113. The third-order valence-electron chi connectivity index (χ3n) is 4.83. The Bertz CT molecular complexity index is 659. The third-order valence-corrected chi connectivity index (χ3v) is 7.38. The second kappa shape index (κ2) is 4.47. The average Bonchev–Trinajstić information content (AvgIpc) is 2.86. The van der Waals surface area contributed by atoms with E-state index in [1.165, 1.54) is 12.1 Å². The molecule has 0 bridgehead atoms. The van der Waals surface area contributed by atoms with E-state index in [9.17, 15) is 13.7 Å². The van der Waals surface area contributed by atoms with Gasteiger partial charge in [0, 0.05) is 5.02 Å². The van der Waals surface area contributed by atoms with Gasteiger partial charge in [0.05, 0.1) is 11.0 Å². The number of hydrogen-bond donors (Lipinski definition) is 0. The summed E-state index contributed by atoms with van der Waals surface area (Å²) in [7, 11) is -3.61. The molecule has 5 heteroatoms. The predicted molar refractivity (Wildman–Crippen MR) is 77.1 cm³/mol. The van der Waals surface area contributed by atoms with E-state index in [2.05, 4.69) is 6.07 Å². The van der Waals surface area contributed by atoms with Crippen LogP contribution in [0.2, 0.25) is 5.02 Å². The largest absolute Gasteiger partial charge is 0.222 e. The molecule has 3 rings (SSSR count). The van der Waals surface area contributed by atoms with Crippen LogP contribution in [0.5, 0.6) is 0 Å². The van der Waals surface area contributed by atoms with Crippen molar-refractivity contribution in [2.45, 2.75) is 48.2 Å². The molecular formula is C15H16ClNO2S. The van der Waals surface area contributed by atoms with Crippen LogP contribution >= 0.6 is 11.6 Å². The quantitative estimate of drug-likeness (QED) is 0.836. The maximum atomic E-state index is 12.8. The van der Waals surface area contributed by atoms with Crippen LogP contribution < -0.4 is 0 Å². The minimum Gasteiger partial charge on any atom is -0.222 e. The topological polar surface area (TPSA) is 57.9 Å². The molecule has 20 heavy (non-hydrogen) atoms. The Morgan fingerprint density at radius 3 is 2.15 bits per heavy atom. The molecule has 0 amide bonds. The van der Waals surface area contributed by atoms with E-state index < -0.39 is 14.6 Å². The summed E-state index contributed by atoms with van der Waals surface area (Å²) in [6, 6.07) is 8.21. The summed E-state index contributed by atoms with van der Waals surface area (Å²) >= 11 is 5.80. The standard InChI is InChI=1S/C15H16ClNO2S/c16-12-3-5-13(6-4-12)20(18,19)15(11-17)9-14(10-15)7-1-2-8-14/h3-6H,1-2,7-10H2. The Hall–Kier alpha value is -1.05. The van der Waals surface area contributed by atoms with E-state index in [4.69, 9.17) is 11.6 Å². The summed E-state index contributed by atoms with van der Waals surface area (Å²) in [5.74, 6) is 0. The van der Waals surface area contributed by atoms with Crippen LogP contribution in [0.1, 0.15) is 38.5 Å². The van der Waals surface area contributed by atoms with Gasteiger partial charge in [0.15, 0.2) is 14.6 Å². The Balaban J connectivity index is 1.94. The molecule has 1 aromatic carbocycles. The maximum Gasteiger partial charge on any atom is 0.197 e. The second-order valence-electron chi connectivity index (χ2n) is 6.12. The molecule has 2 aliphatic carbocycles. The van der Waals surface area contributed by atoms with Crippen molar-refractivity contribution in [3.63, 3.8) is 0 Å². The van der Waals surface area contributed by atoms with Gasteiger partial charge in [-0.15, -0.1) is 0 Å². The van der Waals surface area contributed by atoms with Gasteiger partial charge in [0.1, 0.15) is 0 Å². The fraction of sp³-hybridized carbons (Fsp3) is 0.533. The van der Waals surface area contributed by atoms with E-state index in [-0.39, 0.29) is 10.3 Å². The van der Waals surface area contributed by atoms with Crippen molar-refractivity contribution in [2.75, 3.05) is 0 Å². The molecule has 2 saturated carbocycles. The Labute approximate surface area is 124 Å². The fourth-order valence-corrected chi connectivity index (χ4v) is 5.99. The van der Waals surface area contributed by atoms with E-state index in [0.717, 1.165) is 25.7 Å². The Morgan fingerprint density at radius 2 is 1.65 bits per heavy atom. The highest BCUT2D eigenvalue weighted by Gasteiger charge is 2.62. The highest BCUT2D eigenvalue weighted by Crippen LogP contribution is 2.61. The lowest BCUT2D eigenvalue weighted by atomic mass is 9.61. The molecule has 1 spiro atoms. The highest BCUT2D eigenvalue weighted by atomic mass is 35.5. The summed E-state index contributed by atoms with van der Waals surface area (Å²) in [4.78, 5) is 0.205. The number of hydrogen-bond acceptors (Lipinski definition) is 3. The SMILES string of the molecule is N#CC1(S(=O)(=O)c2ccc(Cl)cc2)CC2(CCCC2)C1. The smallest absolute Gasteiger partial charge is 0.197 e. The zero-order valence-corrected chi connectivity index (χ0v) is 12.7. The zero-order valence-electron chi connectivity index (χ0n) is 11.1. The van der Waals surface area contributed by atoms with Gasteiger partial charge in [-0.05, 0) is 55.4 Å². The van der Waals surface area contributed by atoms with Crippen LogP contribution in [-0.2, 0) is 9.84 Å². The van der Waals surface area contributed by atoms with Crippen LogP contribution in [0.15, 0.2) is 29.2 Å². The summed E-state index contributed by atoms with van der Waals surface area (Å²) in [5.41, 5.74) is 0.106. The first-order chi connectivity index (χ1) is 9.43. The molecule has 2 fully saturated rings. The lowest BCUT2D eigenvalue weighted by Crippen LogP contribution is -2.54. The molecular weight excluding hydrogens is 294 g/mol. The van der Waals surface area contributed by atoms with Gasteiger partial charge < -0.3 is 0 Å². The second-order valence-corrected chi connectivity index (χ2v) is 8.82. The molecule has 106 valence electrons. The normalized spacial score (nSPS) is 23.2. The number of sulfone groups is 1. The van der Waals surface area contributed by atoms with Gasteiger partial charge >= 0.3 is 0 Å². The van der Waals surface area contributed by atoms with Crippen LogP contribution in [0.4, 0.5) is 0 Å². The van der Waals surface area contributed by atoms with Gasteiger partial charge in [-0.25, -0.2) is 8.42 Å². The summed E-state index contributed by atoms with van der Waals surface area (Å²) in [6.07, 6.45) is 5.41. The molecule has 0 aromatic heterocycles. The van der Waals surface area contributed by atoms with E-state index in [1.54, 1.807) is 12.1 Å². The molecule has 0 saturated heterocycles. The molecule has 1 aromatic rings. The first kappa shape index (κ1) is 13.9.